The van der Waals surface area contributed by atoms with Crippen molar-refractivity contribution in [3.05, 3.63) is 30.0 Å². The quantitative estimate of drug-likeness (QED) is 0.764. The fourth-order valence-electron chi connectivity index (χ4n) is 3.99. The van der Waals surface area contributed by atoms with Gasteiger partial charge in [0, 0.05) is 31.2 Å². The van der Waals surface area contributed by atoms with E-state index in [1.54, 1.807) is 0 Å². The minimum Gasteiger partial charge on any atom is -0.381 e. The molecule has 1 aliphatic carbocycles. The molecule has 4 rings (SSSR count). The molecule has 1 aromatic carbocycles. The minimum atomic E-state index is -0.620. The third-order valence-corrected chi connectivity index (χ3v) is 5.97. The van der Waals surface area contributed by atoms with Crippen LogP contribution >= 0.6 is 0 Å². The van der Waals surface area contributed by atoms with E-state index < -0.39 is 11.5 Å². The zero-order valence-electron chi connectivity index (χ0n) is 18.1. The Morgan fingerprint density at radius 2 is 1.87 bits per heavy atom. The summed E-state index contributed by atoms with van der Waals surface area (Å²) in [5.74, 6) is 0.0664. The van der Waals surface area contributed by atoms with E-state index in [2.05, 4.69) is 15.7 Å². The molecular formula is C23H32N4O3. The van der Waals surface area contributed by atoms with E-state index in [1.165, 1.54) is 0 Å². The van der Waals surface area contributed by atoms with Crippen LogP contribution in [0.5, 0.6) is 0 Å². The van der Waals surface area contributed by atoms with Gasteiger partial charge in [0.2, 0.25) is 5.91 Å². The van der Waals surface area contributed by atoms with Gasteiger partial charge in [-0.05, 0) is 43.1 Å². The first-order chi connectivity index (χ1) is 14.3. The van der Waals surface area contributed by atoms with Crippen LogP contribution in [0.2, 0.25) is 0 Å². The number of ether oxygens (including phenoxy) is 1. The number of rotatable bonds is 6. The number of carbonyl (C=O) groups is 2. The first kappa shape index (κ1) is 20.8. The highest BCUT2D eigenvalue weighted by molar-refractivity contribution is 6.06. The first-order valence-corrected chi connectivity index (χ1v) is 11.0. The van der Waals surface area contributed by atoms with Gasteiger partial charge in [-0.1, -0.05) is 39.0 Å². The zero-order valence-corrected chi connectivity index (χ0v) is 18.1. The van der Waals surface area contributed by atoms with Crippen molar-refractivity contribution in [3.8, 4) is 0 Å². The highest BCUT2D eigenvalue weighted by Gasteiger charge is 2.36. The lowest BCUT2D eigenvalue weighted by Crippen LogP contribution is -2.54. The average molecular weight is 413 g/mol. The Hall–Kier alpha value is -2.41. The number of para-hydroxylation sites is 1. The van der Waals surface area contributed by atoms with E-state index in [1.807, 2.05) is 49.7 Å². The second kappa shape index (κ2) is 8.38. The molecule has 0 bridgehead atoms. The van der Waals surface area contributed by atoms with Crippen molar-refractivity contribution in [2.45, 2.75) is 65.1 Å². The fourth-order valence-corrected chi connectivity index (χ4v) is 3.99. The summed E-state index contributed by atoms with van der Waals surface area (Å²) < 4.78 is 7.41. The lowest BCUT2D eigenvalue weighted by atomic mass is 9.86. The van der Waals surface area contributed by atoms with Gasteiger partial charge in [0.15, 0.2) is 5.69 Å². The van der Waals surface area contributed by atoms with E-state index in [4.69, 9.17) is 4.74 Å². The standard InChI is InChI=1S/C23H32N4O3/c1-23(2,3)20(22(29)24-16-8-9-16)25-21(28)19-17-6-4-5-7-18(17)27(26-19)14-15-10-12-30-13-11-15/h4-7,15-16,20H,8-14H2,1-3H3,(H,24,29)(H,25,28)/t20-/m1/s1. The van der Waals surface area contributed by atoms with Crippen molar-refractivity contribution in [3.63, 3.8) is 0 Å². The van der Waals surface area contributed by atoms with Gasteiger partial charge in [0.25, 0.3) is 5.91 Å². The largest absolute Gasteiger partial charge is 0.381 e. The van der Waals surface area contributed by atoms with Gasteiger partial charge >= 0.3 is 0 Å². The monoisotopic (exact) mass is 412 g/mol. The second-order valence-corrected chi connectivity index (χ2v) is 9.66. The molecule has 1 atom stereocenters. The predicted octanol–water partition coefficient (Wildman–Crippen LogP) is 2.89. The average Bonchev–Trinajstić information content (AvgIpc) is 3.45. The number of aromatic nitrogens is 2. The molecule has 2 aromatic rings. The number of nitrogens with zero attached hydrogens (tertiary/aromatic N) is 2. The van der Waals surface area contributed by atoms with Crippen molar-refractivity contribution in [1.82, 2.24) is 20.4 Å². The maximum absolute atomic E-state index is 13.2. The third-order valence-electron chi connectivity index (χ3n) is 5.97. The summed E-state index contributed by atoms with van der Waals surface area (Å²) in [6.45, 7) is 8.22. The minimum absolute atomic E-state index is 0.121. The summed E-state index contributed by atoms with van der Waals surface area (Å²) >= 11 is 0. The molecule has 1 saturated heterocycles. The SMILES string of the molecule is CC(C)(C)[C@H](NC(=O)c1nn(CC2CCOCC2)c2ccccc12)C(=O)NC1CC1. The summed E-state index contributed by atoms with van der Waals surface area (Å²) in [4.78, 5) is 26.0. The maximum atomic E-state index is 13.2. The zero-order chi connectivity index (χ0) is 21.3. The van der Waals surface area contributed by atoms with E-state index in [9.17, 15) is 9.59 Å². The van der Waals surface area contributed by atoms with Crippen LogP contribution in [0.25, 0.3) is 10.9 Å². The topological polar surface area (TPSA) is 85.2 Å². The fraction of sp³-hybridized carbons (Fsp3) is 0.609. The van der Waals surface area contributed by atoms with Gasteiger partial charge in [0.1, 0.15) is 6.04 Å². The molecule has 1 aliphatic heterocycles. The normalized spacial score (nSPS) is 18.9. The highest BCUT2D eigenvalue weighted by atomic mass is 16.5. The van der Waals surface area contributed by atoms with Crippen molar-refractivity contribution in [2.24, 2.45) is 11.3 Å². The van der Waals surface area contributed by atoms with Crippen LogP contribution in [0.4, 0.5) is 0 Å². The van der Waals surface area contributed by atoms with Crippen LogP contribution in [-0.4, -0.2) is 46.9 Å². The number of carbonyl (C=O) groups excluding carboxylic acids is 2. The highest BCUT2D eigenvalue weighted by Crippen LogP contribution is 2.26. The molecule has 2 aliphatic rings. The van der Waals surface area contributed by atoms with Gasteiger partial charge < -0.3 is 15.4 Å². The third kappa shape index (κ3) is 4.67. The van der Waals surface area contributed by atoms with E-state index in [0.717, 1.165) is 56.3 Å². The van der Waals surface area contributed by atoms with E-state index in [-0.39, 0.29) is 17.9 Å². The lowest BCUT2D eigenvalue weighted by Gasteiger charge is -2.30. The first-order valence-electron chi connectivity index (χ1n) is 11.0. The maximum Gasteiger partial charge on any atom is 0.273 e. The van der Waals surface area contributed by atoms with Crippen molar-refractivity contribution >= 4 is 22.7 Å². The number of amides is 2. The van der Waals surface area contributed by atoms with Crippen LogP contribution in [0.3, 0.4) is 0 Å². The summed E-state index contributed by atoms with van der Waals surface area (Å²) in [5, 5.41) is 11.5. The van der Waals surface area contributed by atoms with Gasteiger partial charge in [-0.2, -0.15) is 5.10 Å². The van der Waals surface area contributed by atoms with E-state index in [0.29, 0.717) is 11.6 Å². The smallest absolute Gasteiger partial charge is 0.273 e. The lowest BCUT2D eigenvalue weighted by molar-refractivity contribution is -0.125. The molecule has 2 amide bonds. The Kier molecular flexibility index (Phi) is 5.82. The second-order valence-electron chi connectivity index (χ2n) is 9.66. The molecule has 7 heteroatoms. The Bertz CT molecular complexity index is 920. The molecule has 0 spiro atoms. The van der Waals surface area contributed by atoms with Crippen LogP contribution in [0.15, 0.2) is 24.3 Å². The molecule has 2 heterocycles. The predicted molar refractivity (Wildman–Crippen MR) is 115 cm³/mol. The van der Waals surface area contributed by atoms with E-state index >= 15 is 0 Å². The molecule has 7 nitrogen and oxygen atoms in total. The molecule has 2 N–H and O–H groups in total. The Morgan fingerprint density at radius 1 is 1.17 bits per heavy atom. The van der Waals surface area contributed by atoms with Crippen molar-refractivity contribution < 1.29 is 14.3 Å². The van der Waals surface area contributed by atoms with Crippen LogP contribution in [0, 0.1) is 11.3 Å². The van der Waals surface area contributed by atoms with Gasteiger partial charge in [-0.25, -0.2) is 0 Å². The molecule has 1 saturated carbocycles. The molecule has 0 radical (unpaired) electrons. The molecule has 1 aromatic heterocycles. The number of fused-ring (bicyclic) bond motifs is 1. The number of hydrogen-bond donors (Lipinski definition) is 2. The van der Waals surface area contributed by atoms with Crippen LogP contribution in [0.1, 0.15) is 56.9 Å². The summed E-state index contributed by atoms with van der Waals surface area (Å²) in [6, 6.07) is 7.44. The van der Waals surface area contributed by atoms with Crippen molar-refractivity contribution in [1.29, 1.82) is 0 Å². The molecule has 30 heavy (non-hydrogen) atoms. The molecule has 162 valence electrons. The molecule has 2 fully saturated rings. The van der Waals surface area contributed by atoms with Gasteiger partial charge in [-0.15, -0.1) is 0 Å². The van der Waals surface area contributed by atoms with Crippen LogP contribution < -0.4 is 10.6 Å². The Balaban J connectivity index is 1.57. The number of nitrogens with one attached hydrogen (secondary N) is 2. The Morgan fingerprint density at radius 3 is 2.53 bits per heavy atom. The molecular weight excluding hydrogens is 380 g/mol. The van der Waals surface area contributed by atoms with Gasteiger partial charge in [-0.3, -0.25) is 14.3 Å². The summed E-state index contributed by atoms with van der Waals surface area (Å²) in [7, 11) is 0. The number of benzene rings is 1. The van der Waals surface area contributed by atoms with Gasteiger partial charge in [0.05, 0.1) is 5.52 Å². The summed E-state index contributed by atoms with van der Waals surface area (Å²) in [6.07, 6.45) is 4.03. The van der Waals surface area contributed by atoms with Crippen molar-refractivity contribution in [2.75, 3.05) is 13.2 Å². The Labute approximate surface area is 177 Å². The van der Waals surface area contributed by atoms with Crippen LogP contribution in [-0.2, 0) is 16.1 Å². The number of hydrogen-bond acceptors (Lipinski definition) is 4. The summed E-state index contributed by atoms with van der Waals surface area (Å²) in [5.41, 5.74) is 0.921. The molecule has 0 unspecified atom stereocenters.